The second kappa shape index (κ2) is 11.0. The predicted molar refractivity (Wildman–Crippen MR) is 142 cm³/mol. The van der Waals surface area contributed by atoms with Gasteiger partial charge in [-0.05, 0) is 49.8 Å². The maximum Gasteiger partial charge on any atom is 0.342 e. The highest BCUT2D eigenvalue weighted by atomic mass is 16.7. The summed E-state index contributed by atoms with van der Waals surface area (Å²) in [5.74, 6) is 0.419. The lowest BCUT2D eigenvalue weighted by atomic mass is 9.90. The van der Waals surface area contributed by atoms with Gasteiger partial charge in [0.05, 0.1) is 27.9 Å². The summed E-state index contributed by atoms with van der Waals surface area (Å²) in [4.78, 5) is 11.3. The molecule has 2 heterocycles. The van der Waals surface area contributed by atoms with Crippen LogP contribution in [0.5, 0.6) is 40.2 Å². The molecule has 206 valence electrons. The number of rotatable bonds is 5. The van der Waals surface area contributed by atoms with E-state index in [0.717, 1.165) is 11.6 Å². The Morgan fingerprint density at radius 3 is 2.33 bits per heavy atom. The molecule has 3 N–H and O–H groups in total. The first-order chi connectivity index (χ1) is 18.6. The Balaban J connectivity index is 0.000000215. The second-order valence-electron chi connectivity index (χ2n) is 8.72. The molecular formula is C29H30O10. The number of ether oxygens (including phenoxy) is 6. The van der Waals surface area contributed by atoms with Crippen molar-refractivity contribution in [2.24, 2.45) is 0 Å². The molecule has 0 radical (unpaired) electrons. The van der Waals surface area contributed by atoms with E-state index in [1.165, 1.54) is 6.07 Å². The van der Waals surface area contributed by atoms with E-state index in [-0.39, 0.29) is 30.3 Å². The van der Waals surface area contributed by atoms with E-state index >= 15 is 0 Å². The molecule has 1 atom stereocenters. The fourth-order valence-corrected chi connectivity index (χ4v) is 4.33. The van der Waals surface area contributed by atoms with Crippen LogP contribution in [0.15, 0.2) is 42.5 Å². The summed E-state index contributed by atoms with van der Waals surface area (Å²) in [5.41, 5.74) is 2.76. The van der Waals surface area contributed by atoms with Crippen LogP contribution in [-0.4, -0.2) is 61.6 Å². The van der Waals surface area contributed by atoms with Crippen LogP contribution in [0.2, 0.25) is 0 Å². The maximum atomic E-state index is 11.3. The first-order valence-electron chi connectivity index (χ1n) is 12.0. The van der Waals surface area contributed by atoms with Gasteiger partial charge in [-0.3, -0.25) is 0 Å². The van der Waals surface area contributed by atoms with E-state index in [2.05, 4.69) is 0 Å². The van der Waals surface area contributed by atoms with Crippen molar-refractivity contribution >= 4 is 17.6 Å². The average Bonchev–Trinajstić information content (AvgIpc) is 2.90. The summed E-state index contributed by atoms with van der Waals surface area (Å²) in [7, 11) is 4.71. The van der Waals surface area contributed by atoms with Crippen molar-refractivity contribution in [3.63, 3.8) is 0 Å². The lowest BCUT2D eigenvalue weighted by Crippen LogP contribution is -2.47. The van der Waals surface area contributed by atoms with Crippen molar-refractivity contribution in [1.82, 2.24) is 0 Å². The zero-order valence-corrected chi connectivity index (χ0v) is 22.2. The summed E-state index contributed by atoms with van der Waals surface area (Å²) in [6.07, 6.45) is 1.89. The predicted octanol–water partition coefficient (Wildman–Crippen LogP) is 4.31. The molecule has 0 amide bonds. The van der Waals surface area contributed by atoms with Gasteiger partial charge in [-0.2, -0.15) is 0 Å². The number of hydrogen-bond acceptors (Lipinski definition) is 10. The highest BCUT2D eigenvalue weighted by molar-refractivity contribution is 5.94. The number of aliphatic hydroxyl groups is 1. The molecule has 39 heavy (non-hydrogen) atoms. The first-order valence-corrected chi connectivity index (χ1v) is 12.0. The van der Waals surface area contributed by atoms with E-state index in [4.69, 9.17) is 33.5 Å². The molecule has 0 bridgehead atoms. The van der Waals surface area contributed by atoms with E-state index in [0.29, 0.717) is 45.4 Å². The Morgan fingerprint density at radius 1 is 0.974 bits per heavy atom. The number of methoxy groups -OCH3 is 3. The summed E-state index contributed by atoms with van der Waals surface area (Å²) < 4.78 is 32.2. The fraction of sp³-hybridized carbons (Fsp3) is 0.276. The third kappa shape index (κ3) is 5.37. The van der Waals surface area contributed by atoms with Crippen molar-refractivity contribution in [1.29, 1.82) is 0 Å². The number of phenolic OH excluding ortho intramolecular Hbond substituents is 2. The van der Waals surface area contributed by atoms with Gasteiger partial charge in [-0.25, -0.2) is 4.79 Å². The Bertz CT molecular complexity index is 1400. The van der Waals surface area contributed by atoms with Gasteiger partial charge in [0.1, 0.15) is 34.3 Å². The summed E-state index contributed by atoms with van der Waals surface area (Å²) in [6.45, 7) is 3.52. The Kier molecular flexibility index (Phi) is 7.78. The van der Waals surface area contributed by atoms with Gasteiger partial charge in [0.25, 0.3) is 5.79 Å². The van der Waals surface area contributed by atoms with Crippen LogP contribution >= 0.6 is 0 Å². The van der Waals surface area contributed by atoms with Crippen molar-refractivity contribution in [2.45, 2.75) is 19.6 Å². The number of esters is 1. The molecule has 2 aliphatic rings. The van der Waals surface area contributed by atoms with Crippen LogP contribution in [0.3, 0.4) is 0 Å². The van der Waals surface area contributed by atoms with E-state index in [1.54, 1.807) is 53.4 Å². The standard InChI is InChI=1S/C19H18O6.C10H12O4/c1-21-12-5-4-11-6-14-13-8-17(22-2)18(23-3)9-16(13)24-10-19(14,20)25-15(11)7-12;1-3-14-10(13)9-6(2)4-7(11)5-8(9)12/h4-9,20H,10H2,1-3H3;4-5,11-12H,3H2,1-2H3. The molecule has 2 aliphatic heterocycles. The van der Waals surface area contributed by atoms with Crippen LogP contribution < -0.4 is 23.7 Å². The number of hydrogen-bond donors (Lipinski definition) is 3. The lowest BCUT2D eigenvalue weighted by molar-refractivity contribution is -0.116. The molecule has 3 aromatic carbocycles. The van der Waals surface area contributed by atoms with Crippen LogP contribution in [0.4, 0.5) is 0 Å². The average molecular weight is 539 g/mol. The number of carbonyl (C=O) groups excluding carboxylic acids is 1. The van der Waals surface area contributed by atoms with Gasteiger partial charge < -0.3 is 43.7 Å². The van der Waals surface area contributed by atoms with Gasteiger partial charge in [0, 0.05) is 34.9 Å². The van der Waals surface area contributed by atoms with Crippen LogP contribution in [-0.2, 0) is 4.74 Å². The van der Waals surface area contributed by atoms with Crippen molar-refractivity contribution in [3.05, 3.63) is 64.7 Å². The van der Waals surface area contributed by atoms with Gasteiger partial charge in [0.2, 0.25) is 0 Å². The Labute approximate surface area is 225 Å². The number of benzene rings is 3. The Hall–Kier alpha value is -4.57. The highest BCUT2D eigenvalue weighted by Gasteiger charge is 2.44. The van der Waals surface area contributed by atoms with E-state index in [9.17, 15) is 15.0 Å². The van der Waals surface area contributed by atoms with E-state index < -0.39 is 11.8 Å². The highest BCUT2D eigenvalue weighted by Crippen LogP contribution is 2.49. The van der Waals surface area contributed by atoms with Gasteiger partial charge in [-0.15, -0.1) is 0 Å². The molecular weight excluding hydrogens is 508 g/mol. The smallest absolute Gasteiger partial charge is 0.342 e. The maximum absolute atomic E-state index is 11.3. The molecule has 0 aromatic heterocycles. The van der Waals surface area contributed by atoms with Gasteiger partial charge >= 0.3 is 5.97 Å². The zero-order chi connectivity index (χ0) is 28.3. The molecule has 0 fully saturated rings. The van der Waals surface area contributed by atoms with E-state index in [1.807, 2.05) is 18.2 Å². The van der Waals surface area contributed by atoms with Crippen LogP contribution in [0, 0.1) is 6.92 Å². The third-order valence-corrected chi connectivity index (χ3v) is 6.20. The largest absolute Gasteiger partial charge is 0.508 e. The minimum Gasteiger partial charge on any atom is -0.508 e. The molecule has 10 nitrogen and oxygen atoms in total. The number of carbonyl (C=O) groups is 1. The number of aromatic hydroxyl groups is 2. The summed E-state index contributed by atoms with van der Waals surface area (Å²) in [6, 6.07) is 11.5. The first kappa shape index (κ1) is 27.5. The quantitative estimate of drug-likeness (QED) is 0.404. The fourth-order valence-electron chi connectivity index (χ4n) is 4.33. The SMILES string of the molecule is CCOC(=O)c1c(C)cc(O)cc1O.COc1ccc2c(c1)OC1(O)COc3cc(OC)c(OC)cc3C1=C2. The molecule has 5 rings (SSSR count). The molecule has 0 spiro atoms. The second-order valence-corrected chi connectivity index (χ2v) is 8.72. The normalized spacial score (nSPS) is 16.4. The zero-order valence-electron chi connectivity index (χ0n) is 22.2. The third-order valence-electron chi connectivity index (χ3n) is 6.20. The minimum absolute atomic E-state index is 0.0298. The molecule has 0 aliphatic carbocycles. The number of fused-ring (bicyclic) bond motifs is 4. The van der Waals surface area contributed by atoms with Gasteiger partial charge in [-0.1, -0.05) is 0 Å². The van der Waals surface area contributed by atoms with Crippen molar-refractivity contribution < 1.29 is 48.5 Å². The minimum atomic E-state index is -1.58. The molecule has 0 saturated heterocycles. The summed E-state index contributed by atoms with van der Waals surface area (Å²) in [5, 5.41) is 29.5. The van der Waals surface area contributed by atoms with Crippen molar-refractivity contribution in [2.75, 3.05) is 34.5 Å². The lowest BCUT2D eigenvalue weighted by Gasteiger charge is -2.39. The molecule has 1 unspecified atom stereocenters. The molecule has 10 heteroatoms. The van der Waals surface area contributed by atoms with Crippen LogP contribution in [0.1, 0.15) is 34.0 Å². The van der Waals surface area contributed by atoms with Crippen molar-refractivity contribution in [3.8, 4) is 40.2 Å². The van der Waals surface area contributed by atoms with Crippen LogP contribution in [0.25, 0.3) is 11.6 Å². The number of aryl methyl sites for hydroxylation is 1. The Morgan fingerprint density at radius 2 is 1.69 bits per heavy atom. The molecule has 3 aromatic rings. The van der Waals surface area contributed by atoms with Gasteiger partial charge in [0.15, 0.2) is 18.1 Å². The topological polar surface area (TPSA) is 133 Å². The summed E-state index contributed by atoms with van der Waals surface area (Å²) >= 11 is 0. The number of phenols is 2. The molecule has 0 saturated carbocycles. The monoisotopic (exact) mass is 538 g/mol.